The van der Waals surface area contributed by atoms with Crippen molar-refractivity contribution >= 4 is 0 Å². The van der Waals surface area contributed by atoms with Crippen LogP contribution in [0, 0.1) is 13.8 Å². The van der Waals surface area contributed by atoms with E-state index in [0.717, 1.165) is 5.69 Å². The highest BCUT2D eigenvalue weighted by atomic mass is 16.4. The maximum atomic E-state index is 10.3. The lowest BCUT2D eigenvalue weighted by Crippen LogP contribution is -1.93. The predicted octanol–water partition coefficient (Wildman–Crippen LogP) is 1.61. The molecule has 0 unspecified atom stereocenters. The second-order valence-electron chi connectivity index (χ2n) is 1.70. The van der Waals surface area contributed by atoms with E-state index in [9.17, 15) is 4.79 Å². The molecule has 10 heavy (non-hydrogen) atoms. The van der Waals surface area contributed by atoms with Crippen molar-refractivity contribution in [3.05, 3.63) is 22.0 Å². The number of H-pyrrole nitrogens is 1. The molecule has 3 heteroatoms. The standard InChI is InChI=1S/C5H7NO2.C2H6/c1-3-4(2)8-5(7)6-3;1-2/h1-2H3,(H,6,7);1-2H3. The van der Waals surface area contributed by atoms with Gasteiger partial charge >= 0.3 is 5.76 Å². The molecule has 0 spiro atoms. The van der Waals surface area contributed by atoms with Crippen LogP contribution in [0.1, 0.15) is 25.3 Å². The number of oxazole rings is 1. The molecule has 0 saturated carbocycles. The zero-order chi connectivity index (χ0) is 8.15. The summed E-state index contributed by atoms with van der Waals surface area (Å²) in [6.07, 6.45) is 0. The maximum absolute atomic E-state index is 10.3. The smallest absolute Gasteiger partial charge is 0.413 e. The van der Waals surface area contributed by atoms with Crippen molar-refractivity contribution in [2.24, 2.45) is 0 Å². The van der Waals surface area contributed by atoms with Crippen molar-refractivity contribution in [1.82, 2.24) is 4.98 Å². The minimum Gasteiger partial charge on any atom is -0.413 e. The van der Waals surface area contributed by atoms with Crippen LogP contribution in [-0.4, -0.2) is 4.98 Å². The van der Waals surface area contributed by atoms with Crippen molar-refractivity contribution in [1.29, 1.82) is 0 Å². The Kier molecular flexibility index (Phi) is 3.54. The van der Waals surface area contributed by atoms with E-state index in [0.29, 0.717) is 5.76 Å². The molecule has 1 aromatic rings. The molecule has 0 fully saturated rings. The van der Waals surface area contributed by atoms with E-state index < -0.39 is 0 Å². The van der Waals surface area contributed by atoms with Crippen LogP contribution in [0.3, 0.4) is 0 Å². The number of aromatic nitrogens is 1. The van der Waals surface area contributed by atoms with E-state index in [1.807, 2.05) is 13.8 Å². The van der Waals surface area contributed by atoms with E-state index in [-0.39, 0.29) is 5.76 Å². The number of hydrogen-bond donors (Lipinski definition) is 1. The van der Waals surface area contributed by atoms with Gasteiger partial charge in [0.1, 0.15) is 5.76 Å². The topological polar surface area (TPSA) is 46.0 Å². The normalized spacial score (nSPS) is 8.40. The molecule has 1 heterocycles. The Bertz CT molecular complexity index is 211. The first kappa shape index (κ1) is 9.01. The Hall–Kier alpha value is -0.990. The predicted molar refractivity (Wildman–Crippen MR) is 40.2 cm³/mol. The maximum Gasteiger partial charge on any atom is 0.416 e. The number of nitrogens with one attached hydrogen (secondary N) is 1. The first-order valence-electron chi connectivity index (χ1n) is 3.36. The van der Waals surface area contributed by atoms with Crippen LogP contribution >= 0.6 is 0 Å². The molecule has 3 nitrogen and oxygen atoms in total. The summed E-state index contributed by atoms with van der Waals surface area (Å²) in [4.78, 5) is 12.8. The van der Waals surface area contributed by atoms with Gasteiger partial charge in [-0.2, -0.15) is 0 Å². The molecule has 0 aromatic carbocycles. The van der Waals surface area contributed by atoms with Gasteiger partial charge in [0.25, 0.3) is 0 Å². The third-order valence-electron chi connectivity index (χ3n) is 1.06. The molecule has 0 bridgehead atoms. The quantitative estimate of drug-likeness (QED) is 0.599. The van der Waals surface area contributed by atoms with Crippen LogP contribution in [-0.2, 0) is 0 Å². The van der Waals surface area contributed by atoms with E-state index in [2.05, 4.69) is 9.40 Å². The molecule has 1 rings (SSSR count). The molecular formula is C7H13NO2. The fourth-order valence-corrected chi connectivity index (χ4v) is 0.482. The summed E-state index contributed by atoms with van der Waals surface area (Å²) in [5.74, 6) is 0.287. The highest BCUT2D eigenvalue weighted by Gasteiger charge is 1.95. The Morgan fingerprint density at radius 1 is 1.30 bits per heavy atom. The van der Waals surface area contributed by atoms with Crippen LogP contribution in [0.25, 0.3) is 0 Å². The molecular weight excluding hydrogens is 130 g/mol. The van der Waals surface area contributed by atoms with Gasteiger partial charge < -0.3 is 4.42 Å². The second kappa shape index (κ2) is 3.93. The Morgan fingerprint density at radius 2 is 1.80 bits per heavy atom. The third kappa shape index (κ3) is 2.09. The Morgan fingerprint density at radius 3 is 1.90 bits per heavy atom. The van der Waals surface area contributed by atoms with Gasteiger partial charge in [0.2, 0.25) is 0 Å². The molecule has 58 valence electrons. The van der Waals surface area contributed by atoms with Crippen molar-refractivity contribution in [3.8, 4) is 0 Å². The van der Waals surface area contributed by atoms with Gasteiger partial charge in [-0.3, -0.25) is 4.98 Å². The summed E-state index contributed by atoms with van der Waals surface area (Å²) in [6.45, 7) is 7.54. The molecule has 0 amide bonds. The van der Waals surface area contributed by atoms with Gasteiger partial charge in [-0.1, -0.05) is 13.8 Å². The molecule has 0 aliphatic rings. The minimum absolute atomic E-state index is 0.375. The van der Waals surface area contributed by atoms with E-state index in [4.69, 9.17) is 0 Å². The molecule has 1 N–H and O–H groups in total. The Balaban J connectivity index is 0.000000371. The Labute approximate surface area is 60.1 Å². The third-order valence-corrected chi connectivity index (χ3v) is 1.06. The largest absolute Gasteiger partial charge is 0.416 e. The number of rotatable bonds is 0. The van der Waals surface area contributed by atoms with Gasteiger partial charge in [-0.25, -0.2) is 4.79 Å². The fourth-order valence-electron chi connectivity index (χ4n) is 0.482. The van der Waals surface area contributed by atoms with E-state index >= 15 is 0 Å². The zero-order valence-corrected chi connectivity index (χ0v) is 6.82. The molecule has 0 saturated heterocycles. The van der Waals surface area contributed by atoms with Gasteiger partial charge in [0.05, 0.1) is 5.69 Å². The van der Waals surface area contributed by atoms with Crippen molar-refractivity contribution in [3.63, 3.8) is 0 Å². The molecule has 0 aliphatic heterocycles. The van der Waals surface area contributed by atoms with Gasteiger partial charge in [0, 0.05) is 0 Å². The number of hydrogen-bond acceptors (Lipinski definition) is 2. The van der Waals surface area contributed by atoms with Gasteiger partial charge in [-0.05, 0) is 13.8 Å². The number of aryl methyl sites for hydroxylation is 2. The SMILES string of the molecule is CC.Cc1[nH]c(=O)oc1C. The molecule has 0 aliphatic carbocycles. The second-order valence-corrected chi connectivity index (χ2v) is 1.70. The summed E-state index contributed by atoms with van der Waals surface area (Å²) in [6, 6.07) is 0. The lowest BCUT2D eigenvalue weighted by atomic mass is 10.4. The minimum atomic E-state index is -0.375. The average Bonchev–Trinajstić information content (AvgIpc) is 2.16. The lowest BCUT2D eigenvalue weighted by Gasteiger charge is -1.77. The lowest BCUT2D eigenvalue weighted by molar-refractivity contribution is 0.487. The van der Waals surface area contributed by atoms with Crippen LogP contribution in [0.4, 0.5) is 0 Å². The summed E-state index contributed by atoms with van der Waals surface area (Å²) >= 11 is 0. The monoisotopic (exact) mass is 143 g/mol. The summed E-state index contributed by atoms with van der Waals surface area (Å²) in [5.41, 5.74) is 0.801. The summed E-state index contributed by atoms with van der Waals surface area (Å²) in [5, 5.41) is 0. The molecule has 0 atom stereocenters. The van der Waals surface area contributed by atoms with Crippen LogP contribution < -0.4 is 5.76 Å². The van der Waals surface area contributed by atoms with Gasteiger partial charge in [0.15, 0.2) is 0 Å². The van der Waals surface area contributed by atoms with Crippen LogP contribution in [0.15, 0.2) is 9.21 Å². The molecule has 0 radical (unpaired) electrons. The molecule has 1 aromatic heterocycles. The highest BCUT2D eigenvalue weighted by molar-refractivity contribution is 5.00. The summed E-state index contributed by atoms with van der Waals surface area (Å²) in [7, 11) is 0. The highest BCUT2D eigenvalue weighted by Crippen LogP contribution is 1.95. The van der Waals surface area contributed by atoms with Crippen molar-refractivity contribution in [2.45, 2.75) is 27.7 Å². The fraction of sp³-hybridized carbons (Fsp3) is 0.571. The first-order chi connectivity index (χ1) is 4.70. The van der Waals surface area contributed by atoms with E-state index in [1.165, 1.54) is 0 Å². The van der Waals surface area contributed by atoms with Gasteiger partial charge in [-0.15, -0.1) is 0 Å². The number of aromatic amines is 1. The zero-order valence-electron chi connectivity index (χ0n) is 6.82. The van der Waals surface area contributed by atoms with E-state index in [1.54, 1.807) is 13.8 Å². The van der Waals surface area contributed by atoms with Crippen LogP contribution in [0.2, 0.25) is 0 Å². The average molecular weight is 143 g/mol. The van der Waals surface area contributed by atoms with Crippen molar-refractivity contribution in [2.75, 3.05) is 0 Å². The van der Waals surface area contributed by atoms with Crippen molar-refractivity contribution < 1.29 is 4.42 Å². The summed E-state index contributed by atoms with van der Waals surface area (Å²) < 4.78 is 4.60. The van der Waals surface area contributed by atoms with Crippen LogP contribution in [0.5, 0.6) is 0 Å². The first-order valence-corrected chi connectivity index (χ1v) is 3.36.